The van der Waals surface area contributed by atoms with Gasteiger partial charge < -0.3 is 19.8 Å². The number of hydrogen-bond acceptors (Lipinski definition) is 8. The molecule has 0 bridgehead atoms. The maximum atomic E-state index is 12.1. The first kappa shape index (κ1) is 20.1. The summed E-state index contributed by atoms with van der Waals surface area (Å²) >= 11 is 0.961. The number of thioether (sulfide) groups is 1. The number of aromatic carboxylic acids is 1. The predicted molar refractivity (Wildman–Crippen MR) is 102 cm³/mol. The quantitative estimate of drug-likeness (QED) is 0.405. The van der Waals surface area contributed by atoms with Crippen LogP contribution in [0, 0.1) is 6.92 Å². The molecule has 12 heteroatoms. The Bertz CT molecular complexity index is 1180. The smallest absolute Gasteiger partial charge is 0.337 e. The van der Waals surface area contributed by atoms with E-state index in [-0.39, 0.29) is 40.1 Å². The topological polar surface area (TPSA) is 171 Å². The second-order valence-electron chi connectivity index (χ2n) is 5.84. The standard InChI is InChI=1S/C17H15N5O6S/c1-8-10(14(24)20-16(27)18-8)6-13-21-22-17(28-13)29-7-12(23)19-11-5-3-2-4-9(11)15(25)26/h2-5H,6-7H2,1H3,(H,19,23)(H,25,26)(H2,18,20,24,27). The number of nitrogens with one attached hydrogen (secondary N) is 3. The second-order valence-corrected chi connectivity index (χ2v) is 6.76. The fraction of sp³-hybridized carbons (Fsp3) is 0.176. The number of aromatic nitrogens is 4. The average molecular weight is 417 g/mol. The van der Waals surface area contributed by atoms with Crippen LogP contribution in [0.4, 0.5) is 5.69 Å². The molecule has 1 aromatic carbocycles. The molecule has 150 valence electrons. The van der Waals surface area contributed by atoms with Gasteiger partial charge in [0, 0.05) is 11.3 Å². The average Bonchev–Trinajstić information content (AvgIpc) is 3.11. The van der Waals surface area contributed by atoms with E-state index in [9.17, 15) is 19.2 Å². The third-order valence-electron chi connectivity index (χ3n) is 3.79. The summed E-state index contributed by atoms with van der Waals surface area (Å²) < 4.78 is 5.41. The van der Waals surface area contributed by atoms with E-state index in [0.29, 0.717) is 5.69 Å². The molecule has 3 rings (SSSR count). The summed E-state index contributed by atoms with van der Waals surface area (Å²) in [6, 6.07) is 6.04. The van der Waals surface area contributed by atoms with Gasteiger partial charge in [-0.3, -0.25) is 14.6 Å². The van der Waals surface area contributed by atoms with Crippen molar-refractivity contribution in [2.75, 3.05) is 11.1 Å². The van der Waals surface area contributed by atoms with Crippen LogP contribution in [0.3, 0.4) is 0 Å². The van der Waals surface area contributed by atoms with Crippen LogP contribution in [0.5, 0.6) is 0 Å². The number of carbonyl (C=O) groups is 2. The summed E-state index contributed by atoms with van der Waals surface area (Å²) in [5.41, 5.74) is -0.309. The van der Waals surface area contributed by atoms with Crippen LogP contribution in [-0.4, -0.2) is 42.9 Å². The van der Waals surface area contributed by atoms with Gasteiger partial charge in [0.1, 0.15) is 0 Å². The van der Waals surface area contributed by atoms with E-state index in [1.165, 1.54) is 12.1 Å². The lowest BCUT2D eigenvalue weighted by Gasteiger charge is -2.07. The van der Waals surface area contributed by atoms with Gasteiger partial charge in [0.05, 0.1) is 23.4 Å². The number of aromatic amines is 2. The van der Waals surface area contributed by atoms with Crippen molar-refractivity contribution in [3.8, 4) is 0 Å². The van der Waals surface area contributed by atoms with Crippen molar-refractivity contribution in [2.24, 2.45) is 0 Å². The lowest BCUT2D eigenvalue weighted by molar-refractivity contribution is -0.113. The Balaban J connectivity index is 1.61. The van der Waals surface area contributed by atoms with Crippen LogP contribution in [0.25, 0.3) is 0 Å². The zero-order chi connectivity index (χ0) is 21.0. The second kappa shape index (κ2) is 8.56. The molecule has 0 saturated heterocycles. The lowest BCUT2D eigenvalue weighted by Crippen LogP contribution is -2.27. The molecule has 29 heavy (non-hydrogen) atoms. The highest BCUT2D eigenvalue weighted by molar-refractivity contribution is 7.99. The van der Waals surface area contributed by atoms with Gasteiger partial charge in [-0.2, -0.15) is 0 Å². The molecule has 0 atom stereocenters. The van der Waals surface area contributed by atoms with Gasteiger partial charge >= 0.3 is 11.7 Å². The SMILES string of the molecule is Cc1[nH]c(=O)[nH]c(=O)c1Cc1nnc(SCC(=O)Nc2ccccc2C(=O)O)o1. The molecule has 0 aliphatic heterocycles. The van der Waals surface area contributed by atoms with Gasteiger partial charge in [-0.25, -0.2) is 9.59 Å². The Morgan fingerprint density at radius 1 is 1.21 bits per heavy atom. The Morgan fingerprint density at radius 2 is 1.97 bits per heavy atom. The maximum Gasteiger partial charge on any atom is 0.337 e. The minimum absolute atomic E-state index is 0.0175. The van der Waals surface area contributed by atoms with E-state index in [1.807, 2.05) is 0 Å². The molecule has 0 saturated carbocycles. The monoisotopic (exact) mass is 417 g/mol. The molecule has 0 spiro atoms. The van der Waals surface area contributed by atoms with Gasteiger partial charge in [-0.05, 0) is 19.1 Å². The molecule has 0 aliphatic rings. The lowest BCUT2D eigenvalue weighted by atomic mass is 10.2. The van der Waals surface area contributed by atoms with Crippen molar-refractivity contribution in [3.05, 3.63) is 67.8 Å². The zero-order valence-corrected chi connectivity index (χ0v) is 15.8. The fourth-order valence-electron chi connectivity index (χ4n) is 2.45. The van der Waals surface area contributed by atoms with Crippen LogP contribution < -0.4 is 16.6 Å². The third-order valence-corrected chi connectivity index (χ3v) is 4.61. The van der Waals surface area contributed by atoms with E-state index in [1.54, 1.807) is 19.1 Å². The molecular weight excluding hydrogens is 402 g/mol. The van der Waals surface area contributed by atoms with E-state index in [4.69, 9.17) is 9.52 Å². The number of anilines is 1. The number of para-hydroxylation sites is 1. The van der Waals surface area contributed by atoms with Gasteiger partial charge in [0.2, 0.25) is 11.8 Å². The number of amides is 1. The maximum absolute atomic E-state index is 12.1. The number of benzene rings is 1. The number of rotatable bonds is 7. The van der Waals surface area contributed by atoms with Crippen molar-refractivity contribution in [2.45, 2.75) is 18.6 Å². The van der Waals surface area contributed by atoms with Crippen LogP contribution in [0.15, 0.2) is 43.5 Å². The highest BCUT2D eigenvalue weighted by Gasteiger charge is 2.15. The molecule has 1 amide bonds. The Morgan fingerprint density at radius 3 is 2.69 bits per heavy atom. The van der Waals surface area contributed by atoms with Gasteiger partial charge in [0.25, 0.3) is 10.8 Å². The van der Waals surface area contributed by atoms with E-state index < -0.39 is 23.1 Å². The highest BCUT2D eigenvalue weighted by Crippen LogP contribution is 2.19. The molecule has 0 unspecified atom stereocenters. The van der Waals surface area contributed by atoms with Gasteiger partial charge in [-0.1, -0.05) is 23.9 Å². The van der Waals surface area contributed by atoms with Crippen LogP contribution in [0.2, 0.25) is 0 Å². The first-order valence-corrected chi connectivity index (χ1v) is 9.21. The summed E-state index contributed by atoms with van der Waals surface area (Å²) in [7, 11) is 0. The zero-order valence-electron chi connectivity index (χ0n) is 15.0. The molecular formula is C17H15N5O6S. The van der Waals surface area contributed by atoms with Crippen LogP contribution >= 0.6 is 11.8 Å². The molecule has 3 aromatic rings. The van der Waals surface area contributed by atoms with Crippen molar-refractivity contribution in [1.29, 1.82) is 0 Å². The van der Waals surface area contributed by atoms with E-state index in [0.717, 1.165) is 11.8 Å². The Hall–Kier alpha value is -3.67. The van der Waals surface area contributed by atoms with Crippen molar-refractivity contribution >= 4 is 29.3 Å². The third kappa shape index (κ3) is 4.99. The van der Waals surface area contributed by atoms with Crippen LogP contribution in [-0.2, 0) is 11.2 Å². The largest absolute Gasteiger partial charge is 0.478 e. The molecule has 11 nitrogen and oxygen atoms in total. The van der Waals surface area contributed by atoms with E-state index in [2.05, 4.69) is 25.5 Å². The number of aryl methyl sites for hydroxylation is 1. The predicted octanol–water partition coefficient (Wildman–Crippen LogP) is 0.774. The Labute approximate surface area is 166 Å². The van der Waals surface area contributed by atoms with Crippen molar-refractivity contribution in [3.63, 3.8) is 0 Å². The molecule has 2 aromatic heterocycles. The molecule has 0 aliphatic carbocycles. The minimum atomic E-state index is -1.15. The summed E-state index contributed by atoms with van der Waals surface area (Å²) in [6.45, 7) is 1.58. The molecule has 2 heterocycles. The highest BCUT2D eigenvalue weighted by atomic mass is 32.2. The number of carbonyl (C=O) groups excluding carboxylic acids is 1. The van der Waals surface area contributed by atoms with Crippen LogP contribution in [0.1, 0.15) is 27.5 Å². The van der Waals surface area contributed by atoms with E-state index >= 15 is 0 Å². The van der Waals surface area contributed by atoms with Gasteiger partial charge in [-0.15, -0.1) is 10.2 Å². The fourth-order valence-corrected chi connectivity index (χ4v) is 3.03. The number of hydrogen-bond donors (Lipinski definition) is 4. The minimum Gasteiger partial charge on any atom is -0.478 e. The van der Waals surface area contributed by atoms with Crippen molar-refractivity contribution < 1.29 is 19.1 Å². The summed E-state index contributed by atoms with van der Waals surface area (Å²) in [5.74, 6) is -1.54. The number of H-pyrrole nitrogens is 2. The summed E-state index contributed by atoms with van der Waals surface area (Å²) in [6.07, 6.45) is 0.0175. The summed E-state index contributed by atoms with van der Waals surface area (Å²) in [4.78, 5) is 51.0. The number of carboxylic acid groups (broad SMARTS) is 1. The Kier molecular flexibility index (Phi) is 5.93. The molecule has 0 fully saturated rings. The number of carboxylic acids is 1. The van der Waals surface area contributed by atoms with Gasteiger partial charge in [0.15, 0.2) is 0 Å². The molecule has 4 N–H and O–H groups in total. The number of nitrogens with zero attached hydrogens (tertiary/aromatic N) is 2. The summed E-state index contributed by atoms with van der Waals surface area (Å²) in [5, 5.41) is 19.4. The molecule has 0 radical (unpaired) electrons. The first-order valence-electron chi connectivity index (χ1n) is 8.23. The van der Waals surface area contributed by atoms with Crippen molar-refractivity contribution in [1.82, 2.24) is 20.2 Å². The normalized spacial score (nSPS) is 10.7. The first-order chi connectivity index (χ1) is 13.8.